The molecule has 0 aliphatic heterocycles. The van der Waals surface area contributed by atoms with E-state index >= 15 is 0 Å². The van der Waals surface area contributed by atoms with Gasteiger partial charge in [0.2, 0.25) is 11.6 Å². The van der Waals surface area contributed by atoms with Gasteiger partial charge in [-0.2, -0.15) is 0 Å². The monoisotopic (exact) mass is 751 g/mol. The molecule has 1 amide bonds. The summed E-state index contributed by atoms with van der Waals surface area (Å²) in [6, 6.07) is 20.0. The largest absolute Gasteiger partial charge is 0.456 e. The zero-order valence-corrected chi connectivity index (χ0v) is 36.3. The molecule has 0 spiro atoms. The Hall–Kier alpha value is -3.19. The third kappa shape index (κ3) is 10.9. The average Bonchev–Trinajstić information content (AvgIpc) is 3.12. The minimum atomic E-state index is -2.62. The predicted molar refractivity (Wildman–Crippen MR) is 215 cm³/mol. The summed E-state index contributed by atoms with van der Waals surface area (Å²) in [5, 5.41) is 2.80. The average molecular weight is 752 g/mol. The van der Waals surface area contributed by atoms with Crippen molar-refractivity contribution in [2.24, 2.45) is 5.41 Å². The summed E-state index contributed by atoms with van der Waals surface area (Å²) in [5.41, 5.74) is 0.774. The fourth-order valence-corrected chi connectivity index (χ4v) is 10.3. The van der Waals surface area contributed by atoms with E-state index in [0.29, 0.717) is 23.1 Å². The zero-order valence-electron chi connectivity index (χ0n) is 34.3. The Morgan fingerprint density at radius 2 is 1.27 bits per heavy atom. The normalized spacial score (nSPS) is 15.5. The topological polar surface area (TPSA) is 108 Å². The number of carbonyl (C=O) groups is 4. The first-order chi connectivity index (χ1) is 24.1. The van der Waals surface area contributed by atoms with E-state index in [9.17, 15) is 19.2 Å². The Labute approximate surface area is 315 Å². The van der Waals surface area contributed by atoms with Gasteiger partial charge in [-0.25, -0.2) is 4.79 Å². The highest BCUT2D eigenvalue weighted by Gasteiger charge is 2.46. The smallest absolute Gasteiger partial charge is 0.337 e. The van der Waals surface area contributed by atoms with E-state index < -0.39 is 63.9 Å². The SMILES string of the molecule is CC[C@H](O[Si](CC)(CC)CC)C(C)(C)C(=O)C(=O)/C(C)=C(\C)C(C)OC(=O)[C@H](O[Si](C)(C)C(C)(C)C)[C@@H](NC(=O)c1ccccc1)c1ccccc1. The maximum absolute atomic E-state index is 14.4. The minimum absolute atomic E-state index is 0.233. The molecule has 0 radical (unpaired) electrons. The first kappa shape index (κ1) is 45.0. The second-order valence-electron chi connectivity index (χ2n) is 16.1. The highest BCUT2D eigenvalue weighted by atomic mass is 28.4. The van der Waals surface area contributed by atoms with Gasteiger partial charge in [-0.3, -0.25) is 14.4 Å². The molecule has 4 atom stereocenters. The van der Waals surface area contributed by atoms with Gasteiger partial charge in [0.05, 0.1) is 17.6 Å². The van der Waals surface area contributed by atoms with Crippen molar-refractivity contribution >= 4 is 40.1 Å². The Morgan fingerprint density at radius 1 is 0.769 bits per heavy atom. The molecule has 0 aliphatic carbocycles. The number of Topliss-reactive ketones (excluding diaryl/α,β-unsaturated/α-hetero) is 2. The second kappa shape index (κ2) is 18.7. The van der Waals surface area contributed by atoms with Crippen LogP contribution in [0.25, 0.3) is 0 Å². The van der Waals surface area contributed by atoms with E-state index in [-0.39, 0.29) is 16.5 Å². The Kier molecular flexibility index (Phi) is 16.2. The van der Waals surface area contributed by atoms with Crippen molar-refractivity contribution < 1.29 is 32.8 Å². The van der Waals surface area contributed by atoms with Gasteiger partial charge in [0.15, 0.2) is 22.7 Å². The molecule has 0 aliphatic rings. The molecule has 8 nitrogen and oxygen atoms in total. The van der Waals surface area contributed by atoms with Crippen LogP contribution in [0.3, 0.4) is 0 Å². The predicted octanol–water partition coefficient (Wildman–Crippen LogP) is 9.78. The first-order valence-electron chi connectivity index (χ1n) is 18.9. The minimum Gasteiger partial charge on any atom is -0.456 e. The van der Waals surface area contributed by atoms with Crippen LogP contribution >= 0.6 is 0 Å². The molecule has 288 valence electrons. The van der Waals surface area contributed by atoms with E-state index in [1.54, 1.807) is 58.9 Å². The van der Waals surface area contributed by atoms with Crippen molar-refractivity contribution in [2.45, 2.75) is 150 Å². The van der Waals surface area contributed by atoms with Crippen LogP contribution in [-0.4, -0.2) is 58.4 Å². The summed E-state index contributed by atoms with van der Waals surface area (Å²) < 4.78 is 19.7. The van der Waals surface area contributed by atoms with E-state index in [4.69, 9.17) is 13.6 Å². The van der Waals surface area contributed by atoms with Crippen LogP contribution in [0.2, 0.25) is 36.3 Å². The number of nitrogens with one attached hydrogen (secondary N) is 1. The van der Waals surface area contributed by atoms with Gasteiger partial charge in [0.25, 0.3) is 5.91 Å². The molecule has 0 saturated heterocycles. The van der Waals surface area contributed by atoms with Gasteiger partial charge in [-0.05, 0) is 101 Å². The van der Waals surface area contributed by atoms with Crippen molar-refractivity contribution in [2.75, 3.05) is 0 Å². The molecule has 2 aromatic rings. The number of hydrogen-bond acceptors (Lipinski definition) is 7. The van der Waals surface area contributed by atoms with Gasteiger partial charge in [-0.1, -0.05) is 97.0 Å². The van der Waals surface area contributed by atoms with Crippen LogP contribution in [0.4, 0.5) is 0 Å². The number of esters is 1. The molecule has 1 N–H and O–H groups in total. The third-order valence-corrected chi connectivity index (χ3v) is 20.5. The third-order valence-electron chi connectivity index (χ3n) is 11.4. The first-order valence-corrected chi connectivity index (χ1v) is 24.3. The van der Waals surface area contributed by atoms with Crippen molar-refractivity contribution in [3.8, 4) is 0 Å². The van der Waals surface area contributed by atoms with Crippen molar-refractivity contribution in [3.05, 3.63) is 82.9 Å². The van der Waals surface area contributed by atoms with Gasteiger partial charge < -0.3 is 18.9 Å². The highest BCUT2D eigenvalue weighted by Crippen LogP contribution is 2.40. The summed E-state index contributed by atoms with van der Waals surface area (Å²) in [4.78, 5) is 55.7. The number of amides is 1. The Morgan fingerprint density at radius 3 is 1.73 bits per heavy atom. The molecule has 2 aromatic carbocycles. The van der Waals surface area contributed by atoms with Crippen LogP contribution in [0.1, 0.15) is 111 Å². The number of benzene rings is 2. The lowest BCUT2D eigenvalue weighted by atomic mass is 9.77. The molecular weight excluding hydrogens is 687 g/mol. The van der Waals surface area contributed by atoms with Crippen molar-refractivity contribution in [1.29, 1.82) is 0 Å². The number of ether oxygens (including phenoxy) is 1. The zero-order chi connectivity index (χ0) is 39.7. The quantitative estimate of drug-likeness (QED) is 0.0659. The van der Waals surface area contributed by atoms with Gasteiger partial charge in [0.1, 0.15) is 6.10 Å². The van der Waals surface area contributed by atoms with Crippen LogP contribution in [0.15, 0.2) is 71.8 Å². The summed E-state index contributed by atoms with van der Waals surface area (Å²) >= 11 is 0. The number of ketones is 2. The maximum Gasteiger partial charge on any atom is 0.337 e. The number of allylic oxidation sites excluding steroid dienone is 1. The van der Waals surface area contributed by atoms with Gasteiger partial charge in [0, 0.05) is 11.1 Å². The molecule has 10 heteroatoms. The summed E-state index contributed by atoms with van der Waals surface area (Å²) in [7, 11) is -4.67. The lowest BCUT2D eigenvalue weighted by Gasteiger charge is -2.41. The molecule has 0 fully saturated rings. The van der Waals surface area contributed by atoms with E-state index in [1.165, 1.54) is 0 Å². The lowest BCUT2D eigenvalue weighted by Crippen LogP contribution is -2.52. The fourth-order valence-electron chi connectivity index (χ4n) is 6.02. The molecule has 1 unspecified atom stereocenters. The Balaban J connectivity index is 2.51. The molecule has 0 bridgehead atoms. The van der Waals surface area contributed by atoms with Gasteiger partial charge in [-0.15, -0.1) is 0 Å². The molecule has 0 aromatic heterocycles. The van der Waals surface area contributed by atoms with E-state index in [1.807, 2.05) is 56.4 Å². The van der Waals surface area contributed by atoms with Gasteiger partial charge >= 0.3 is 5.97 Å². The lowest BCUT2D eigenvalue weighted by molar-refractivity contribution is -0.157. The van der Waals surface area contributed by atoms with Crippen LogP contribution in [0.5, 0.6) is 0 Å². The number of hydrogen-bond donors (Lipinski definition) is 1. The summed E-state index contributed by atoms with van der Waals surface area (Å²) in [5.74, 6) is -2.17. The van der Waals surface area contributed by atoms with Crippen molar-refractivity contribution in [1.82, 2.24) is 5.32 Å². The molecule has 0 heterocycles. The van der Waals surface area contributed by atoms with E-state index in [0.717, 1.165) is 18.1 Å². The molecular formula is C42H65NO7Si2. The molecule has 0 saturated carbocycles. The van der Waals surface area contributed by atoms with Crippen LogP contribution < -0.4 is 5.32 Å². The van der Waals surface area contributed by atoms with Crippen LogP contribution in [-0.2, 0) is 28.0 Å². The van der Waals surface area contributed by atoms with Crippen LogP contribution in [0, 0.1) is 5.41 Å². The summed E-state index contributed by atoms with van der Waals surface area (Å²) in [6.45, 7) is 27.3. The maximum atomic E-state index is 14.4. The Bertz CT molecular complexity index is 1530. The highest BCUT2D eigenvalue weighted by molar-refractivity contribution is 6.74. The molecule has 2 rings (SSSR count). The molecule has 52 heavy (non-hydrogen) atoms. The van der Waals surface area contributed by atoms with E-state index in [2.05, 4.69) is 46.9 Å². The number of rotatable bonds is 19. The number of carbonyl (C=O) groups excluding carboxylic acids is 4. The van der Waals surface area contributed by atoms with Crippen molar-refractivity contribution in [3.63, 3.8) is 0 Å². The summed E-state index contributed by atoms with van der Waals surface area (Å²) in [6.07, 6.45) is -1.86. The second-order valence-corrected chi connectivity index (χ2v) is 25.5. The standard InChI is InChI=1S/C42H65NO7Si2/c1-15-34(49-52(16-2,17-3)18-4)42(11,12)38(45)36(44)30(6)29(5)31(7)48-40(47)37(50-51(13,14)41(8,9)10)35(32-25-21-19-22-26-32)43-39(46)33-27-23-20-24-28-33/h19-28,31,34-35,37H,15-18H2,1-14H3,(H,43,46)/b30-29+/t31?,34-,35-,37+/m0/s1. The fraction of sp³-hybridized carbons (Fsp3) is 0.571.